The first-order valence-corrected chi connectivity index (χ1v) is 11.7. The van der Waals surface area contributed by atoms with E-state index >= 15 is 0 Å². The lowest BCUT2D eigenvalue weighted by Gasteiger charge is -2.15. The van der Waals surface area contributed by atoms with Crippen LogP contribution in [-0.4, -0.2) is 36.3 Å². The largest absolute Gasteiger partial charge is 0.426 e. The number of sulfonamides is 1. The van der Waals surface area contributed by atoms with Gasteiger partial charge in [0.15, 0.2) is 5.58 Å². The van der Waals surface area contributed by atoms with E-state index in [9.17, 15) is 18.0 Å². The van der Waals surface area contributed by atoms with Gasteiger partial charge in [-0.2, -0.15) is 4.31 Å². The van der Waals surface area contributed by atoms with Crippen LogP contribution in [0.1, 0.15) is 19.3 Å². The van der Waals surface area contributed by atoms with Gasteiger partial charge < -0.3 is 9.15 Å². The fourth-order valence-corrected chi connectivity index (χ4v) is 5.18. The lowest BCUT2D eigenvalue weighted by atomic mass is 10.3. The summed E-state index contributed by atoms with van der Waals surface area (Å²) in [6, 6.07) is 11.2. The van der Waals surface area contributed by atoms with Gasteiger partial charge in [-0.3, -0.25) is 9.36 Å². The average molecular weight is 495 g/mol. The topological polar surface area (TPSA) is 98.8 Å². The van der Waals surface area contributed by atoms with E-state index in [1.54, 1.807) is 24.3 Å². The summed E-state index contributed by atoms with van der Waals surface area (Å²) in [5.41, 5.74) is 0.596. The number of aromatic nitrogens is 1. The predicted octanol–water partition coefficient (Wildman–Crippen LogP) is 3.14. The quantitative estimate of drug-likeness (QED) is 0.385. The van der Waals surface area contributed by atoms with Crippen LogP contribution in [0, 0.1) is 0 Å². The number of oxazole rings is 1. The molecule has 0 amide bonds. The summed E-state index contributed by atoms with van der Waals surface area (Å²) < 4.78 is 39.5. The second kappa shape index (κ2) is 8.37. The van der Waals surface area contributed by atoms with Gasteiger partial charge in [0.2, 0.25) is 10.0 Å². The third-order valence-electron chi connectivity index (χ3n) is 4.93. The minimum atomic E-state index is -3.61. The summed E-state index contributed by atoms with van der Waals surface area (Å²) in [6.07, 6.45) is 1.63. The number of halogens is 1. The average Bonchev–Trinajstić information content (AvgIpc) is 3.36. The van der Waals surface area contributed by atoms with Gasteiger partial charge in [-0.15, -0.1) is 0 Å². The minimum Gasteiger partial charge on any atom is -0.426 e. The van der Waals surface area contributed by atoms with E-state index in [4.69, 9.17) is 9.15 Å². The van der Waals surface area contributed by atoms with Gasteiger partial charge in [0, 0.05) is 30.2 Å². The van der Waals surface area contributed by atoms with Crippen molar-refractivity contribution in [3.05, 3.63) is 57.5 Å². The van der Waals surface area contributed by atoms with Crippen molar-refractivity contribution in [3.8, 4) is 5.75 Å². The fraction of sp³-hybridized carbons (Fsp3) is 0.300. The van der Waals surface area contributed by atoms with E-state index in [0.29, 0.717) is 24.4 Å². The molecule has 158 valence electrons. The van der Waals surface area contributed by atoms with Crippen molar-refractivity contribution in [2.24, 2.45) is 0 Å². The van der Waals surface area contributed by atoms with E-state index in [1.165, 1.54) is 27.1 Å². The van der Waals surface area contributed by atoms with Crippen molar-refractivity contribution >= 4 is 43.0 Å². The Kier molecular flexibility index (Phi) is 5.81. The van der Waals surface area contributed by atoms with Gasteiger partial charge in [0.05, 0.1) is 16.8 Å². The predicted molar refractivity (Wildman–Crippen MR) is 113 cm³/mol. The Hall–Kier alpha value is -2.43. The summed E-state index contributed by atoms with van der Waals surface area (Å²) in [6.45, 7) is 1.04. The number of carbonyl (C=O) groups is 1. The summed E-state index contributed by atoms with van der Waals surface area (Å²) in [5, 5.41) is 0. The Morgan fingerprint density at radius 1 is 1.10 bits per heavy atom. The lowest BCUT2D eigenvalue weighted by Crippen LogP contribution is -2.27. The van der Waals surface area contributed by atoms with E-state index in [-0.39, 0.29) is 23.4 Å². The SMILES string of the molecule is O=C(CCn1c(=O)oc2cc(S(=O)(=O)N3CCCC3)ccc21)Oc1ccc(Br)cc1. The zero-order valence-electron chi connectivity index (χ0n) is 15.9. The molecule has 0 N–H and O–H groups in total. The fourth-order valence-electron chi connectivity index (χ4n) is 3.38. The smallest absolute Gasteiger partial charge is 0.419 e. The Morgan fingerprint density at radius 2 is 1.80 bits per heavy atom. The molecule has 2 heterocycles. The van der Waals surface area contributed by atoms with Crippen LogP contribution in [0.4, 0.5) is 0 Å². The molecule has 8 nitrogen and oxygen atoms in total. The molecule has 4 rings (SSSR count). The number of hydrogen-bond acceptors (Lipinski definition) is 6. The molecule has 30 heavy (non-hydrogen) atoms. The second-order valence-corrected chi connectivity index (χ2v) is 9.79. The standard InChI is InChI=1S/C20H19BrN2O6S/c21-14-3-5-15(6-4-14)28-19(24)9-12-23-17-8-7-16(13-18(17)29-20(23)25)30(26,27)22-10-1-2-11-22/h3-8,13H,1-2,9-12H2. The number of fused-ring (bicyclic) bond motifs is 1. The van der Waals surface area contributed by atoms with E-state index in [0.717, 1.165) is 17.3 Å². The highest BCUT2D eigenvalue weighted by atomic mass is 79.9. The lowest BCUT2D eigenvalue weighted by molar-refractivity contribution is -0.134. The van der Waals surface area contributed by atoms with Crippen LogP contribution in [0.15, 0.2) is 61.0 Å². The van der Waals surface area contributed by atoms with E-state index < -0.39 is 21.7 Å². The molecule has 0 spiro atoms. The van der Waals surface area contributed by atoms with Crippen molar-refractivity contribution < 1.29 is 22.4 Å². The Morgan fingerprint density at radius 3 is 2.50 bits per heavy atom. The number of hydrogen-bond donors (Lipinski definition) is 0. The molecule has 1 aliphatic rings. The van der Waals surface area contributed by atoms with Gasteiger partial charge in [-0.1, -0.05) is 15.9 Å². The van der Waals surface area contributed by atoms with Crippen LogP contribution in [0.25, 0.3) is 11.1 Å². The monoisotopic (exact) mass is 494 g/mol. The molecule has 0 saturated carbocycles. The summed E-state index contributed by atoms with van der Waals surface area (Å²) >= 11 is 3.31. The molecule has 10 heteroatoms. The number of aryl methyl sites for hydroxylation is 1. The summed E-state index contributed by atoms with van der Waals surface area (Å²) in [7, 11) is -3.61. The number of ether oxygens (including phenoxy) is 1. The van der Waals surface area contributed by atoms with Crippen LogP contribution in [0.5, 0.6) is 5.75 Å². The van der Waals surface area contributed by atoms with E-state index in [2.05, 4.69) is 15.9 Å². The van der Waals surface area contributed by atoms with E-state index in [1.807, 2.05) is 0 Å². The van der Waals surface area contributed by atoms with Gasteiger partial charge >= 0.3 is 11.7 Å². The second-order valence-electron chi connectivity index (χ2n) is 6.94. The zero-order valence-corrected chi connectivity index (χ0v) is 18.3. The number of esters is 1. The summed E-state index contributed by atoms with van der Waals surface area (Å²) in [4.78, 5) is 24.4. The summed E-state index contributed by atoms with van der Waals surface area (Å²) in [5.74, 6) is -0.742. The molecular weight excluding hydrogens is 476 g/mol. The highest BCUT2D eigenvalue weighted by molar-refractivity contribution is 9.10. The molecule has 0 aliphatic carbocycles. The van der Waals surface area contributed by atoms with Crippen molar-refractivity contribution in [3.63, 3.8) is 0 Å². The third-order valence-corrected chi connectivity index (χ3v) is 7.35. The van der Waals surface area contributed by atoms with Gasteiger partial charge in [0.1, 0.15) is 5.75 Å². The van der Waals surface area contributed by atoms with Crippen LogP contribution in [-0.2, 0) is 21.4 Å². The maximum Gasteiger partial charge on any atom is 0.419 e. The van der Waals surface area contributed by atoms with Crippen molar-refractivity contribution in [2.45, 2.75) is 30.7 Å². The van der Waals surface area contributed by atoms with Crippen LogP contribution in [0.2, 0.25) is 0 Å². The maximum atomic E-state index is 12.7. The number of benzene rings is 2. The Balaban J connectivity index is 1.51. The maximum absolute atomic E-state index is 12.7. The van der Waals surface area contributed by atoms with Gasteiger partial charge in [0.25, 0.3) is 0 Å². The molecule has 0 atom stereocenters. The normalized spacial score (nSPS) is 15.0. The zero-order chi connectivity index (χ0) is 21.3. The highest BCUT2D eigenvalue weighted by Crippen LogP contribution is 2.24. The highest BCUT2D eigenvalue weighted by Gasteiger charge is 2.28. The van der Waals surface area contributed by atoms with Crippen LogP contribution >= 0.6 is 15.9 Å². The number of rotatable bonds is 6. The molecule has 1 saturated heterocycles. The van der Waals surface area contributed by atoms with Crippen molar-refractivity contribution in [2.75, 3.05) is 13.1 Å². The molecule has 1 fully saturated rings. The van der Waals surface area contributed by atoms with Crippen LogP contribution in [0.3, 0.4) is 0 Å². The first-order valence-electron chi connectivity index (χ1n) is 9.44. The molecular formula is C20H19BrN2O6S. The van der Waals surface area contributed by atoms with Crippen LogP contribution < -0.4 is 10.5 Å². The Bertz CT molecular complexity index is 1240. The van der Waals surface area contributed by atoms with Crippen molar-refractivity contribution in [1.82, 2.24) is 8.87 Å². The Labute approximate surface area is 181 Å². The molecule has 1 aromatic heterocycles. The molecule has 1 aliphatic heterocycles. The van der Waals surface area contributed by atoms with Gasteiger partial charge in [-0.05, 0) is 49.2 Å². The minimum absolute atomic E-state index is 0.0432. The third kappa shape index (κ3) is 4.21. The molecule has 0 bridgehead atoms. The first kappa shape index (κ1) is 20.8. The molecule has 0 radical (unpaired) electrons. The number of nitrogens with zero attached hydrogens (tertiary/aromatic N) is 2. The molecule has 3 aromatic rings. The molecule has 2 aromatic carbocycles. The van der Waals surface area contributed by atoms with Crippen molar-refractivity contribution in [1.29, 1.82) is 0 Å². The first-order chi connectivity index (χ1) is 14.3. The number of carbonyl (C=O) groups excluding carboxylic acids is 1. The molecule has 0 unspecified atom stereocenters. The van der Waals surface area contributed by atoms with Gasteiger partial charge in [-0.25, -0.2) is 13.2 Å².